The molecule has 0 aliphatic rings. The average Bonchev–Trinajstić information content (AvgIpc) is 2.66. The van der Waals surface area contributed by atoms with Gasteiger partial charge in [0.15, 0.2) is 0 Å². The Balaban J connectivity index is 2.52. The molecule has 16 heavy (non-hydrogen) atoms. The van der Waals surface area contributed by atoms with Gasteiger partial charge in [-0.15, -0.1) is 0 Å². The first-order valence-electron chi connectivity index (χ1n) is 5.59. The van der Waals surface area contributed by atoms with Gasteiger partial charge in [-0.25, -0.2) is 0 Å². The van der Waals surface area contributed by atoms with Crippen molar-refractivity contribution in [1.29, 1.82) is 0 Å². The lowest BCUT2D eigenvalue weighted by Crippen LogP contribution is -2.21. The lowest BCUT2D eigenvalue weighted by molar-refractivity contribution is 0.00973. The van der Waals surface area contributed by atoms with E-state index in [9.17, 15) is 0 Å². The molecule has 0 aliphatic heterocycles. The molecule has 0 aliphatic carbocycles. The summed E-state index contributed by atoms with van der Waals surface area (Å²) < 4.78 is 10.4. The Morgan fingerprint density at radius 1 is 1.50 bits per heavy atom. The van der Waals surface area contributed by atoms with Gasteiger partial charge < -0.3 is 15.0 Å². The van der Waals surface area contributed by atoms with E-state index in [0.717, 1.165) is 19.3 Å². The Bertz CT molecular complexity index is 321. The van der Waals surface area contributed by atoms with Gasteiger partial charge in [0.25, 0.3) is 0 Å². The molecule has 1 rings (SSSR count). The van der Waals surface area contributed by atoms with E-state index in [1.165, 1.54) is 0 Å². The Hall–Kier alpha value is -0.940. The third-order valence-corrected chi connectivity index (χ3v) is 2.57. The zero-order valence-electron chi connectivity index (χ0n) is 10.5. The van der Waals surface area contributed by atoms with Crippen LogP contribution in [0, 0.1) is 0 Å². The highest BCUT2D eigenvalue weighted by atomic mass is 16.5. The molecule has 0 spiro atoms. The summed E-state index contributed by atoms with van der Waals surface area (Å²) in [4.78, 5) is 4.31. The van der Waals surface area contributed by atoms with Crippen LogP contribution in [0.2, 0.25) is 0 Å². The van der Waals surface area contributed by atoms with E-state index < -0.39 is 5.60 Å². The van der Waals surface area contributed by atoms with Crippen LogP contribution in [0.5, 0.6) is 0 Å². The van der Waals surface area contributed by atoms with Crippen LogP contribution in [0.15, 0.2) is 4.52 Å². The van der Waals surface area contributed by atoms with Crippen LogP contribution in [0.3, 0.4) is 0 Å². The molecule has 0 bridgehead atoms. The zero-order valence-corrected chi connectivity index (χ0v) is 10.5. The zero-order chi connectivity index (χ0) is 12.2. The minimum Gasteiger partial charge on any atom is -0.371 e. The molecule has 5 heteroatoms. The van der Waals surface area contributed by atoms with Crippen LogP contribution in [0.1, 0.15) is 45.3 Å². The minimum absolute atomic E-state index is 0.220. The number of hydrogen-bond donors (Lipinski definition) is 1. The van der Waals surface area contributed by atoms with Crippen molar-refractivity contribution in [3.8, 4) is 0 Å². The number of rotatable bonds is 6. The first-order chi connectivity index (χ1) is 7.45. The van der Waals surface area contributed by atoms with Crippen molar-refractivity contribution in [3.05, 3.63) is 11.7 Å². The first kappa shape index (κ1) is 13.1. The number of nitrogens with zero attached hydrogens (tertiary/aromatic N) is 2. The predicted octanol–water partition coefficient (Wildman–Crippen LogP) is 1.62. The molecule has 1 atom stereocenters. The summed E-state index contributed by atoms with van der Waals surface area (Å²) in [7, 11) is 1.63. The van der Waals surface area contributed by atoms with Gasteiger partial charge in [0.05, 0.1) is 0 Å². The Morgan fingerprint density at radius 2 is 2.19 bits per heavy atom. The monoisotopic (exact) mass is 227 g/mol. The molecular formula is C11H21N3O2. The summed E-state index contributed by atoms with van der Waals surface area (Å²) >= 11 is 0. The maximum Gasteiger partial charge on any atom is 0.226 e. The summed E-state index contributed by atoms with van der Waals surface area (Å²) in [5, 5.41) is 3.91. The lowest BCUT2D eigenvalue weighted by atomic mass is 10.1. The molecule has 1 heterocycles. The average molecular weight is 227 g/mol. The topological polar surface area (TPSA) is 74.2 Å². The third kappa shape index (κ3) is 3.57. The van der Waals surface area contributed by atoms with Gasteiger partial charge in [-0.1, -0.05) is 5.16 Å². The van der Waals surface area contributed by atoms with E-state index in [0.29, 0.717) is 11.7 Å². The highest BCUT2D eigenvalue weighted by Gasteiger charge is 2.25. The van der Waals surface area contributed by atoms with E-state index in [-0.39, 0.29) is 6.04 Å². The Morgan fingerprint density at radius 3 is 2.75 bits per heavy atom. The molecule has 5 nitrogen and oxygen atoms in total. The number of aromatic nitrogens is 2. The first-order valence-corrected chi connectivity index (χ1v) is 5.59. The molecule has 0 saturated heterocycles. The smallest absolute Gasteiger partial charge is 0.226 e. The van der Waals surface area contributed by atoms with Crippen LogP contribution in [-0.4, -0.2) is 23.3 Å². The maximum absolute atomic E-state index is 5.67. The number of ether oxygens (including phenoxy) is 1. The molecule has 0 radical (unpaired) electrons. The van der Waals surface area contributed by atoms with E-state index in [4.69, 9.17) is 15.0 Å². The van der Waals surface area contributed by atoms with Crippen LogP contribution in [-0.2, 0) is 16.8 Å². The Labute approximate surface area is 96.4 Å². The Kier molecular flexibility index (Phi) is 4.44. The van der Waals surface area contributed by atoms with Crippen molar-refractivity contribution < 1.29 is 9.26 Å². The largest absolute Gasteiger partial charge is 0.371 e. The molecule has 2 N–H and O–H groups in total. The lowest BCUT2D eigenvalue weighted by Gasteiger charge is -2.17. The molecule has 0 saturated carbocycles. The standard InChI is InChI=1S/C11H21N3O2/c1-8(12)6-5-7-9-13-10(14-16-9)11(2,3)15-4/h8H,5-7,12H2,1-4H3. The second-order valence-corrected chi connectivity index (χ2v) is 4.60. The highest BCUT2D eigenvalue weighted by molar-refractivity contribution is 4.97. The minimum atomic E-state index is -0.497. The van der Waals surface area contributed by atoms with E-state index >= 15 is 0 Å². The summed E-state index contributed by atoms with van der Waals surface area (Å²) in [6, 6.07) is 0.220. The maximum atomic E-state index is 5.67. The van der Waals surface area contributed by atoms with Gasteiger partial charge in [0.1, 0.15) is 5.60 Å². The van der Waals surface area contributed by atoms with Gasteiger partial charge in [-0.3, -0.25) is 0 Å². The fraction of sp³-hybridized carbons (Fsp3) is 0.818. The second kappa shape index (κ2) is 5.41. The van der Waals surface area contributed by atoms with Crippen molar-refractivity contribution in [2.24, 2.45) is 5.73 Å². The van der Waals surface area contributed by atoms with Crippen molar-refractivity contribution in [2.45, 2.75) is 51.7 Å². The summed E-state index contributed by atoms with van der Waals surface area (Å²) in [5.74, 6) is 1.24. The molecule has 0 fully saturated rings. The molecule has 1 aromatic heterocycles. The van der Waals surface area contributed by atoms with Gasteiger partial charge in [-0.05, 0) is 33.6 Å². The molecule has 92 valence electrons. The SMILES string of the molecule is COC(C)(C)c1noc(CCCC(C)N)n1. The van der Waals surface area contributed by atoms with Crippen LogP contribution < -0.4 is 5.73 Å². The fourth-order valence-electron chi connectivity index (χ4n) is 1.27. The summed E-state index contributed by atoms with van der Waals surface area (Å²) in [6.45, 7) is 5.81. The molecule has 1 unspecified atom stereocenters. The number of nitrogens with two attached hydrogens (primary N) is 1. The van der Waals surface area contributed by atoms with E-state index in [1.807, 2.05) is 20.8 Å². The highest BCUT2D eigenvalue weighted by Crippen LogP contribution is 2.20. The van der Waals surface area contributed by atoms with Crippen molar-refractivity contribution in [1.82, 2.24) is 10.1 Å². The number of methoxy groups -OCH3 is 1. The van der Waals surface area contributed by atoms with Crippen LogP contribution in [0.25, 0.3) is 0 Å². The summed E-state index contributed by atoms with van der Waals surface area (Å²) in [6.07, 6.45) is 2.70. The van der Waals surface area contributed by atoms with Gasteiger partial charge in [0.2, 0.25) is 11.7 Å². The van der Waals surface area contributed by atoms with Gasteiger partial charge >= 0.3 is 0 Å². The normalized spacial score (nSPS) is 14.1. The second-order valence-electron chi connectivity index (χ2n) is 4.60. The van der Waals surface area contributed by atoms with Gasteiger partial charge in [0, 0.05) is 19.6 Å². The van der Waals surface area contributed by atoms with E-state index in [2.05, 4.69) is 10.1 Å². The van der Waals surface area contributed by atoms with Crippen molar-refractivity contribution in [3.63, 3.8) is 0 Å². The fourth-order valence-corrected chi connectivity index (χ4v) is 1.27. The number of hydrogen-bond acceptors (Lipinski definition) is 5. The van der Waals surface area contributed by atoms with E-state index in [1.54, 1.807) is 7.11 Å². The third-order valence-electron chi connectivity index (χ3n) is 2.57. The van der Waals surface area contributed by atoms with Gasteiger partial charge in [-0.2, -0.15) is 4.98 Å². The van der Waals surface area contributed by atoms with Crippen molar-refractivity contribution >= 4 is 0 Å². The van der Waals surface area contributed by atoms with Crippen molar-refractivity contribution in [2.75, 3.05) is 7.11 Å². The van der Waals surface area contributed by atoms with Crippen LogP contribution >= 0.6 is 0 Å². The summed E-state index contributed by atoms with van der Waals surface area (Å²) in [5.41, 5.74) is 5.17. The number of aryl methyl sites for hydroxylation is 1. The molecule has 0 aromatic carbocycles. The molecule has 1 aromatic rings. The molecule has 0 amide bonds. The predicted molar refractivity (Wildman–Crippen MR) is 60.9 cm³/mol. The molecular weight excluding hydrogens is 206 g/mol. The van der Waals surface area contributed by atoms with Crippen LogP contribution in [0.4, 0.5) is 0 Å². The quantitative estimate of drug-likeness (QED) is 0.799.